The van der Waals surface area contributed by atoms with Gasteiger partial charge in [-0.2, -0.15) is 0 Å². The third kappa shape index (κ3) is 2.58. The highest BCUT2D eigenvalue weighted by Gasteiger charge is 2.61. The Balaban J connectivity index is 6.17. The summed E-state index contributed by atoms with van der Waals surface area (Å²) in [5.41, 5.74) is 0. The quantitative estimate of drug-likeness (QED) is 0.429. The van der Waals surface area contributed by atoms with Gasteiger partial charge < -0.3 is 0 Å². The van der Waals surface area contributed by atoms with Gasteiger partial charge in [-0.3, -0.25) is 0 Å². The van der Waals surface area contributed by atoms with Gasteiger partial charge in [0, 0.05) is 4.20 Å². The highest BCUT2D eigenvalue weighted by atomic mass is 32.1. The molecule has 96 valence electrons. The van der Waals surface area contributed by atoms with Gasteiger partial charge in [0.2, 0.25) is 0 Å². The number of hydrogen-bond acceptors (Lipinski definition) is 1. The molecule has 0 rings (SSSR count). The zero-order valence-corrected chi connectivity index (χ0v) is 17.1. The molecule has 0 aromatic rings. The van der Waals surface area contributed by atoms with Crippen molar-refractivity contribution >= 4 is 53.3 Å². The van der Waals surface area contributed by atoms with Gasteiger partial charge in [-0.25, -0.2) is 0 Å². The van der Waals surface area contributed by atoms with E-state index in [0.717, 1.165) is 4.20 Å². The molecule has 0 saturated carbocycles. The molecule has 0 aliphatic carbocycles. The molecule has 0 aromatic carbocycles. The monoisotopic (exact) mass is 308 g/mol. The zero-order chi connectivity index (χ0) is 13.6. The van der Waals surface area contributed by atoms with Gasteiger partial charge in [-0.1, -0.05) is 71.1 Å². The SMILES string of the molecule is C[Si](C)(C)C(C(=S)S)([Si](C)(C)C)[Si](C)(C)C. The predicted molar refractivity (Wildman–Crippen MR) is 94.3 cm³/mol. The Labute approximate surface area is 116 Å². The van der Waals surface area contributed by atoms with Crippen LogP contribution < -0.4 is 0 Å². The Kier molecular flexibility index (Phi) is 4.96. The molecule has 0 aromatic heterocycles. The molecule has 16 heavy (non-hydrogen) atoms. The van der Waals surface area contributed by atoms with E-state index in [9.17, 15) is 0 Å². The predicted octanol–water partition coefficient (Wildman–Crippen LogP) is 5.08. The maximum atomic E-state index is 5.64. The average Bonchev–Trinajstić information content (AvgIpc) is 1.71. The first-order valence-corrected chi connectivity index (χ1v) is 17.3. The first-order valence-electron chi connectivity index (χ1n) is 5.93. The fourth-order valence-electron chi connectivity index (χ4n) is 4.34. The lowest BCUT2D eigenvalue weighted by Crippen LogP contribution is -2.68. The van der Waals surface area contributed by atoms with Crippen molar-refractivity contribution in [2.45, 2.75) is 63.2 Å². The third-order valence-corrected chi connectivity index (χ3v) is 26.5. The molecule has 0 amide bonds. The van der Waals surface area contributed by atoms with Crippen molar-refractivity contribution in [2.75, 3.05) is 0 Å². The molecule has 0 unspecified atom stereocenters. The average molecular weight is 309 g/mol. The van der Waals surface area contributed by atoms with Gasteiger partial charge in [0.25, 0.3) is 0 Å². The molecule has 0 nitrogen and oxygen atoms in total. The fourth-order valence-corrected chi connectivity index (χ4v) is 39.0. The summed E-state index contributed by atoms with van der Waals surface area (Å²) in [7, 11) is -4.09. The van der Waals surface area contributed by atoms with E-state index in [1.165, 1.54) is 0 Å². The first-order chi connectivity index (χ1) is 6.69. The van der Waals surface area contributed by atoms with Gasteiger partial charge in [0.15, 0.2) is 0 Å². The molecule has 0 N–H and O–H groups in total. The molecule has 0 heterocycles. The van der Waals surface area contributed by atoms with Crippen LogP contribution >= 0.6 is 24.8 Å². The summed E-state index contributed by atoms with van der Waals surface area (Å²) in [6.45, 7) is 22.3. The van der Waals surface area contributed by atoms with E-state index >= 15 is 0 Å². The summed E-state index contributed by atoms with van der Waals surface area (Å²) in [4.78, 5) is 0. The number of rotatable bonds is 4. The molecule has 0 saturated heterocycles. The van der Waals surface area contributed by atoms with Crippen LogP contribution in [0.2, 0.25) is 63.2 Å². The molecular formula is C11H28S2Si3. The van der Waals surface area contributed by atoms with Gasteiger partial charge in [-0.15, -0.1) is 12.6 Å². The Morgan fingerprint density at radius 1 is 0.750 bits per heavy atom. The molecule has 0 radical (unpaired) electrons. The Bertz CT molecular complexity index is 243. The summed E-state index contributed by atoms with van der Waals surface area (Å²) in [5.74, 6) is 0. The summed E-state index contributed by atoms with van der Waals surface area (Å²) in [5, 5.41) is 0. The van der Waals surface area contributed by atoms with Gasteiger partial charge in [-0.05, 0) is 4.28 Å². The first kappa shape index (κ1) is 17.1. The standard InChI is InChI=1S/C11H28S2Si3/c1-14(2,3)11(10(12)13,15(4,5)6)16(7,8)9/h1-9H3,(H,12,13). The van der Waals surface area contributed by atoms with Crippen LogP contribution in [-0.4, -0.2) is 28.4 Å². The second-order valence-corrected chi connectivity index (χ2v) is 26.2. The highest BCUT2D eigenvalue weighted by molar-refractivity contribution is 8.12. The van der Waals surface area contributed by atoms with E-state index in [1.54, 1.807) is 0 Å². The van der Waals surface area contributed by atoms with Crippen LogP contribution in [0.15, 0.2) is 0 Å². The van der Waals surface area contributed by atoms with Crippen LogP contribution in [0.3, 0.4) is 0 Å². The number of hydrogen-bond donors (Lipinski definition) is 1. The Morgan fingerprint density at radius 3 is 0.938 bits per heavy atom. The smallest absolute Gasteiger partial charge is 0.0517 e. The highest BCUT2D eigenvalue weighted by Crippen LogP contribution is 2.55. The lowest BCUT2D eigenvalue weighted by Gasteiger charge is -2.58. The molecule has 0 aliphatic rings. The lowest BCUT2D eigenvalue weighted by molar-refractivity contribution is 1.22. The van der Waals surface area contributed by atoms with Gasteiger partial charge >= 0.3 is 0 Å². The van der Waals surface area contributed by atoms with Crippen molar-refractivity contribution in [3.05, 3.63) is 0 Å². The maximum Gasteiger partial charge on any atom is 0.0517 e. The Hall–Kier alpha value is 1.09. The molecular weight excluding hydrogens is 281 g/mol. The molecule has 5 heteroatoms. The van der Waals surface area contributed by atoms with E-state index in [4.69, 9.17) is 24.8 Å². The van der Waals surface area contributed by atoms with Crippen molar-refractivity contribution in [1.82, 2.24) is 0 Å². The van der Waals surface area contributed by atoms with Crippen LogP contribution in [0.5, 0.6) is 0 Å². The van der Waals surface area contributed by atoms with E-state index < -0.39 is 24.2 Å². The minimum Gasteiger partial charge on any atom is -0.137 e. The van der Waals surface area contributed by atoms with Gasteiger partial charge in [0.1, 0.15) is 0 Å². The van der Waals surface area contributed by atoms with Crippen LogP contribution in [0.1, 0.15) is 0 Å². The van der Waals surface area contributed by atoms with Crippen LogP contribution in [0.4, 0.5) is 0 Å². The topological polar surface area (TPSA) is 0 Å². The van der Waals surface area contributed by atoms with E-state index in [1.807, 2.05) is 0 Å². The minimum atomic E-state index is -1.36. The normalized spacial score (nSPS) is 15.1. The van der Waals surface area contributed by atoms with Crippen molar-refractivity contribution in [3.8, 4) is 0 Å². The van der Waals surface area contributed by atoms with Crippen LogP contribution in [0, 0.1) is 0 Å². The maximum absolute atomic E-state index is 5.64. The van der Waals surface area contributed by atoms with E-state index in [-0.39, 0.29) is 0 Å². The summed E-state index contributed by atoms with van der Waals surface area (Å²) in [6, 6.07) is 0. The largest absolute Gasteiger partial charge is 0.137 e. The third-order valence-electron chi connectivity index (χ3n) is 3.70. The Morgan fingerprint density at radius 2 is 0.938 bits per heavy atom. The lowest BCUT2D eigenvalue weighted by atomic mass is 10.9. The molecule has 0 fully saturated rings. The second-order valence-electron chi connectivity index (χ2n) is 7.81. The van der Waals surface area contributed by atoms with Crippen molar-refractivity contribution in [2.24, 2.45) is 0 Å². The minimum absolute atomic E-state index is 0.325. The summed E-state index contributed by atoms with van der Waals surface area (Å²) >= 11 is 10.3. The van der Waals surface area contributed by atoms with Crippen LogP contribution in [0.25, 0.3) is 0 Å². The zero-order valence-electron chi connectivity index (χ0n) is 12.4. The molecule has 0 bridgehead atoms. The fraction of sp³-hybridized carbons (Fsp3) is 0.909. The summed E-state index contributed by atoms with van der Waals surface area (Å²) in [6.07, 6.45) is 0. The summed E-state index contributed by atoms with van der Waals surface area (Å²) < 4.78 is 1.34. The van der Waals surface area contributed by atoms with Crippen molar-refractivity contribution in [3.63, 3.8) is 0 Å². The van der Waals surface area contributed by atoms with Crippen molar-refractivity contribution in [1.29, 1.82) is 0 Å². The molecule has 0 atom stereocenters. The van der Waals surface area contributed by atoms with Gasteiger partial charge in [0.05, 0.1) is 24.2 Å². The number of thiol groups is 1. The van der Waals surface area contributed by atoms with Crippen molar-refractivity contribution < 1.29 is 0 Å². The molecule has 0 spiro atoms. The molecule has 0 aliphatic heterocycles. The van der Waals surface area contributed by atoms with E-state index in [2.05, 4.69) is 58.9 Å². The number of thiocarbonyl (C=S) groups is 1. The second kappa shape index (κ2) is 4.64. The van der Waals surface area contributed by atoms with E-state index in [0.29, 0.717) is 4.28 Å². The van der Waals surface area contributed by atoms with Crippen LogP contribution in [-0.2, 0) is 0 Å².